The number of aliphatic hydroxyl groups is 2. The number of hydrogen-bond acceptors (Lipinski definition) is 4. The Morgan fingerprint density at radius 1 is 1.21 bits per heavy atom. The molecule has 0 atom stereocenters. The molecule has 0 aliphatic rings. The Bertz CT molecular complexity index is 242. The van der Waals surface area contributed by atoms with Gasteiger partial charge in [0, 0.05) is 11.6 Å². The van der Waals surface area contributed by atoms with Crippen molar-refractivity contribution in [2.24, 2.45) is 0 Å². The highest BCUT2D eigenvalue weighted by Gasteiger charge is 2.09. The first-order valence-corrected chi connectivity index (χ1v) is 3.96. The van der Waals surface area contributed by atoms with Gasteiger partial charge in [0.05, 0.1) is 0 Å². The minimum atomic E-state index is -1.49. The average Bonchev–Trinajstić information content (AvgIpc) is 2.00. The first-order valence-electron chi connectivity index (χ1n) is 3.96. The Labute approximate surface area is 80.1 Å². The van der Waals surface area contributed by atoms with Crippen LogP contribution in [0, 0.1) is 0 Å². The Balaban J connectivity index is 4.12. The molecule has 0 saturated heterocycles. The Morgan fingerprint density at radius 2 is 1.79 bits per heavy atom. The SMILES string of the molecule is O=C(O)/C=C(/CCCC(O)O)C(=O)O. The molecule has 0 radical (unpaired) electrons. The summed E-state index contributed by atoms with van der Waals surface area (Å²) in [6.45, 7) is 0. The van der Waals surface area contributed by atoms with E-state index in [-0.39, 0.29) is 24.8 Å². The van der Waals surface area contributed by atoms with E-state index in [9.17, 15) is 9.59 Å². The number of carboxylic acids is 2. The molecule has 0 aromatic rings. The summed E-state index contributed by atoms with van der Waals surface area (Å²) < 4.78 is 0. The molecule has 80 valence electrons. The van der Waals surface area contributed by atoms with Gasteiger partial charge in [0.15, 0.2) is 6.29 Å². The first kappa shape index (κ1) is 12.6. The maximum Gasteiger partial charge on any atom is 0.331 e. The number of carbonyl (C=O) groups is 2. The van der Waals surface area contributed by atoms with Gasteiger partial charge in [-0.3, -0.25) is 0 Å². The second kappa shape index (κ2) is 6.11. The maximum atomic E-state index is 10.5. The van der Waals surface area contributed by atoms with Gasteiger partial charge in [-0.1, -0.05) is 0 Å². The van der Waals surface area contributed by atoms with Crippen LogP contribution in [-0.4, -0.2) is 38.7 Å². The van der Waals surface area contributed by atoms with Crippen molar-refractivity contribution in [2.75, 3.05) is 0 Å². The van der Waals surface area contributed by atoms with Crippen molar-refractivity contribution in [3.63, 3.8) is 0 Å². The predicted octanol–water partition coefficient (Wildman–Crippen LogP) is -0.437. The molecule has 0 amide bonds. The number of rotatable bonds is 6. The van der Waals surface area contributed by atoms with E-state index in [4.69, 9.17) is 20.4 Å². The molecule has 0 rings (SSSR count). The van der Waals surface area contributed by atoms with Crippen molar-refractivity contribution >= 4 is 11.9 Å². The van der Waals surface area contributed by atoms with Crippen LogP contribution in [-0.2, 0) is 9.59 Å². The van der Waals surface area contributed by atoms with Crippen LogP contribution in [0.4, 0.5) is 0 Å². The van der Waals surface area contributed by atoms with Crippen LogP contribution in [0.1, 0.15) is 19.3 Å². The first-order chi connectivity index (χ1) is 6.43. The third-order valence-corrected chi connectivity index (χ3v) is 1.48. The Kier molecular flexibility index (Phi) is 5.50. The maximum absolute atomic E-state index is 10.5. The van der Waals surface area contributed by atoms with Crippen LogP contribution in [0.2, 0.25) is 0 Å². The molecule has 14 heavy (non-hydrogen) atoms. The van der Waals surface area contributed by atoms with Gasteiger partial charge in [0.2, 0.25) is 0 Å². The van der Waals surface area contributed by atoms with E-state index in [2.05, 4.69) is 0 Å². The van der Waals surface area contributed by atoms with Crippen molar-refractivity contribution < 1.29 is 30.0 Å². The number of hydrogen-bond donors (Lipinski definition) is 4. The summed E-state index contributed by atoms with van der Waals surface area (Å²) in [5.41, 5.74) is -0.252. The molecule has 6 nitrogen and oxygen atoms in total. The van der Waals surface area contributed by atoms with Gasteiger partial charge in [0.1, 0.15) is 0 Å². The smallest absolute Gasteiger partial charge is 0.331 e. The highest BCUT2D eigenvalue weighted by Crippen LogP contribution is 2.08. The van der Waals surface area contributed by atoms with Crippen molar-refractivity contribution in [3.05, 3.63) is 11.6 Å². The largest absolute Gasteiger partial charge is 0.478 e. The molecule has 0 saturated carbocycles. The van der Waals surface area contributed by atoms with E-state index < -0.39 is 18.2 Å². The van der Waals surface area contributed by atoms with E-state index in [1.54, 1.807) is 0 Å². The van der Waals surface area contributed by atoms with Crippen molar-refractivity contribution in [1.82, 2.24) is 0 Å². The zero-order chi connectivity index (χ0) is 11.1. The second-order valence-corrected chi connectivity index (χ2v) is 2.69. The molecule has 0 bridgehead atoms. The van der Waals surface area contributed by atoms with Crippen LogP contribution in [0.25, 0.3) is 0 Å². The minimum Gasteiger partial charge on any atom is -0.478 e. The van der Waals surface area contributed by atoms with E-state index in [0.717, 1.165) is 0 Å². The molecule has 6 heteroatoms. The fraction of sp³-hybridized carbons (Fsp3) is 0.500. The Hall–Kier alpha value is -1.40. The third kappa shape index (κ3) is 6.15. The van der Waals surface area contributed by atoms with Gasteiger partial charge in [-0.05, 0) is 19.3 Å². The van der Waals surface area contributed by atoms with Gasteiger partial charge in [-0.15, -0.1) is 0 Å². The molecule has 0 fully saturated rings. The molecule has 0 spiro atoms. The third-order valence-electron chi connectivity index (χ3n) is 1.48. The van der Waals surface area contributed by atoms with Crippen LogP contribution in [0.5, 0.6) is 0 Å². The molecule has 0 unspecified atom stereocenters. The molecule has 0 aliphatic heterocycles. The van der Waals surface area contributed by atoms with Crippen molar-refractivity contribution in [1.29, 1.82) is 0 Å². The van der Waals surface area contributed by atoms with Crippen LogP contribution < -0.4 is 0 Å². The lowest BCUT2D eigenvalue weighted by Crippen LogP contribution is -2.07. The number of carboxylic acid groups (broad SMARTS) is 2. The van der Waals surface area contributed by atoms with Crippen molar-refractivity contribution in [3.8, 4) is 0 Å². The monoisotopic (exact) mass is 204 g/mol. The van der Waals surface area contributed by atoms with Crippen LogP contribution >= 0.6 is 0 Å². The molecule has 0 heterocycles. The standard InChI is InChI=1S/C8H12O6/c9-6(10)3-1-2-5(8(13)14)4-7(11)12/h4,6,9-10H,1-3H2,(H,11,12)(H,13,14)/b5-4-. The topological polar surface area (TPSA) is 115 Å². The van der Waals surface area contributed by atoms with E-state index in [0.29, 0.717) is 6.08 Å². The summed E-state index contributed by atoms with van der Waals surface area (Å²) in [4.78, 5) is 20.6. The zero-order valence-electron chi connectivity index (χ0n) is 7.38. The van der Waals surface area contributed by atoms with E-state index in [1.807, 2.05) is 0 Å². The Morgan fingerprint density at radius 3 is 2.14 bits per heavy atom. The predicted molar refractivity (Wildman–Crippen MR) is 45.4 cm³/mol. The lowest BCUT2D eigenvalue weighted by molar-refractivity contribution is -0.135. The molecule has 4 N–H and O–H groups in total. The van der Waals surface area contributed by atoms with Gasteiger partial charge >= 0.3 is 11.9 Å². The van der Waals surface area contributed by atoms with Gasteiger partial charge in [0.25, 0.3) is 0 Å². The summed E-state index contributed by atoms with van der Waals surface area (Å²) in [7, 11) is 0. The lowest BCUT2D eigenvalue weighted by Gasteiger charge is -2.03. The molecular weight excluding hydrogens is 192 g/mol. The lowest BCUT2D eigenvalue weighted by atomic mass is 10.1. The molecule has 0 aliphatic carbocycles. The summed E-state index contributed by atoms with van der Waals surface area (Å²) >= 11 is 0. The number of aliphatic carboxylic acids is 2. The fourth-order valence-electron chi connectivity index (χ4n) is 0.865. The fourth-order valence-corrected chi connectivity index (χ4v) is 0.865. The summed E-state index contributed by atoms with van der Waals surface area (Å²) in [6, 6.07) is 0. The quantitative estimate of drug-likeness (QED) is 0.344. The van der Waals surface area contributed by atoms with Gasteiger partial charge in [-0.25, -0.2) is 9.59 Å². The van der Waals surface area contributed by atoms with E-state index in [1.165, 1.54) is 0 Å². The normalized spacial score (nSPS) is 11.8. The van der Waals surface area contributed by atoms with Gasteiger partial charge in [-0.2, -0.15) is 0 Å². The molecule has 0 aromatic heterocycles. The van der Waals surface area contributed by atoms with Crippen LogP contribution in [0.15, 0.2) is 11.6 Å². The highest BCUT2D eigenvalue weighted by atomic mass is 16.5. The molecular formula is C8H12O6. The second-order valence-electron chi connectivity index (χ2n) is 2.69. The summed E-state index contributed by atoms with van der Waals surface area (Å²) in [5, 5.41) is 33.7. The minimum absolute atomic E-state index is 0.000741. The number of aliphatic hydroxyl groups excluding tert-OH is 1. The van der Waals surface area contributed by atoms with Crippen molar-refractivity contribution in [2.45, 2.75) is 25.6 Å². The summed E-state index contributed by atoms with van der Waals surface area (Å²) in [6.07, 6.45) is -0.659. The average molecular weight is 204 g/mol. The van der Waals surface area contributed by atoms with Gasteiger partial charge < -0.3 is 20.4 Å². The molecule has 0 aromatic carbocycles. The van der Waals surface area contributed by atoms with E-state index >= 15 is 0 Å². The highest BCUT2D eigenvalue weighted by molar-refractivity contribution is 5.94. The summed E-state index contributed by atoms with van der Waals surface area (Å²) in [5.74, 6) is -2.63. The van der Waals surface area contributed by atoms with Crippen LogP contribution in [0.3, 0.4) is 0 Å². The zero-order valence-corrected chi connectivity index (χ0v) is 7.38.